The third kappa shape index (κ3) is 84.6. The summed E-state index contributed by atoms with van der Waals surface area (Å²) < 4.78 is 8.88. The summed E-state index contributed by atoms with van der Waals surface area (Å²) in [6.07, 6.45) is 0. The summed E-state index contributed by atoms with van der Waals surface area (Å²) >= 11 is 0. The summed E-state index contributed by atoms with van der Waals surface area (Å²) in [7, 11) is -4.64. The van der Waals surface area contributed by atoms with E-state index in [4.69, 9.17) is 19.2 Å². The number of hydrogen-bond donors (Lipinski definition) is 3. The molecule has 0 bridgehead atoms. The molecule has 47 valence electrons. The Bertz CT molecular complexity index is 57.8. The van der Waals surface area contributed by atoms with E-state index in [0.29, 0.717) is 0 Å². The van der Waals surface area contributed by atoms with E-state index in [1.165, 1.54) is 0 Å². The molecule has 0 aromatic carbocycles. The minimum Gasteiger partial charge on any atom is -0.303 e. The molecule has 7 heteroatoms. The van der Waals surface area contributed by atoms with Gasteiger partial charge in [-0.15, -0.1) is 0 Å². The molecule has 0 aliphatic carbocycles. The molecule has 4 nitrogen and oxygen atoms in total. The van der Waals surface area contributed by atoms with E-state index in [9.17, 15) is 0 Å². The molecule has 1 radical (unpaired) electrons. The monoisotopic (exact) mass is 295 g/mol. The van der Waals surface area contributed by atoms with Gasteiger partial charge in [0.25, 0.3) is 0 Å². The SMILES string of the molecule is O=P(O)(O)O.[Ag].[Zr]. The summed E-state index contributed by atoms with van der Waals surface area (Å²) in [4.78, 5) is 21.6. The molecule has 7 heavy (non-hydrogen) atoms. The molecule has 3 N–H and O–H groups in total. The third-order valence-electron chi connectivity index (χ3n) is 0. The average molecular weight is 297 g/mol. The van der Waals surface area contributed by atoms with Gasteiger partial charge in [0, 0.05) is 48.6 Å². The van der Waals surface area contributed by atoms with Gasteiger partial charge in [-0.3, -0.25) is 0 Å². The summed E-state index contributed by atoms with van der Waals surface area (Å²) in [6, 6.07) is 0. The first kappa shape index (κ1) is 15.9. The fourth-order valence-corrected chi connectivity index (χ4v) is 0. The smallest absolute Gasteiger partial charge is 0.303 e. The molecule has 0 aliphatic rings. The zero-order valence-electron chi connectivity index (χ0n) is 3.00. The van der Waals surface area contributed by atoms with Crippen molar-refractivity contribution >= 4 is 7.82 Å². The third-order valence-corrected chi connectivity index (χ3v) is 0. The van der Waals surface area contributed by atoms with Crippen molar-refractivity contribution in [2.75, 3.05) is 0 Å². The Morgan fingerprint density at radius 2 is 1.14 bits per heavy atom. The summed E-state index contributed by atoms with van der Waals surface area (Å²) in [5.41, 5.74) is 0. The summed E-state index contributed by atoms with van der Waals surface area (Å²) in [5, 5.41) is 0. The minimum absolute atomic E-state index is 0. The molecule has 0 unspecified atom stereocenters. The van der Waals surface area contributed by atoms with Gasteiger partial charge < -0.3 is 14.7 Å². The Kier molecular flexibility index (Phi) is 13.3. The Morgan fingerprint density at radius 3 is 1.14 bits per heavy atom. The number of hydrogen-bond acceptors (Lipinski definition) is 1. The van der Waals surface area contributed by atoms with Crippen molar-refractivity contribution in [3.05, 3.63) is 0 Å². The quantitative estimate of drug-likeness (QED) is 0.399. The second-order valence-electron chi connectivity index (χ2n) is 0.513. The van der Waals surface area contributed by atoms with Gasteiger partial charge >= 0.3 is 7.82 Å². The fourth-order valence-electron chi connectivity index (χ4n) is 0. The molecule has 0 saturated carbocycles. The van der Waals surface area contributed by atoms with Gasteiger partial charge in [0.2, 0.25) is 0 Å². The maximum Gasteiger partial charge on any atom is 0.466 e. The van der Waals surface area contributed by atoms with E-state index in [1.807, 2.05) is 0 Å². The van der Waals surface area contributed by atoms with Gasteiger partial charge in [-0.25, -0.2) is 4.57 Å². The Labute approximate surface area is 75.2 Å². The number of phosphoric acid groups is 1. The molecule has 0 spiro atoms. The van der Waals surface area contributed by atoms with Gasteiger partial charge in [-0.2, -0.15) is 0 Å². The van der Waals surface area contributed by atoms with E-state index in [-0.39, 0.29) is 48.6 Å². The van der Waals surface area contributed by atoms with Crippen LogP contribution in [0.3, 0.4) is 0 Å². The van der Waals surface area contributed by atoms with Crippen molar-refractivity contribution in [1.82, 2.24) is 0 Å². The summed E-state index contributed by atoms with van der Waals surface area (Å²) in [6.45, 7) is 0. The second kappa shape index (κ2) is 5.86. The Balaban J connectivity index is -0.0000000800. The van der Waals surface area contributed by atoms with Crippen molar-refractivity contribution in [2.45, 2.75) is 0 Å². The first-order chi connectivity index (χ1) is 2.00. The van der Waals surface area contributed by atoms with Gasteiger partial charge in [0.1, 0.15) is 0 Å². The standard InChI is InChI=1S/Ag.H3O4P.Zr/c;1-5(2,3)4;/h;(H3,1,2,3,4);. The predicted octanol–water partition coefficient (Wildman–Crippen LogP) is -0.934. The van der Waals surface area contributed by atoms with Crippen LogP contribution in [-0.2, 0) is 53.1 Å². The van der Waals surface area contributed by atoms with E-state index in [0.717, 1.165) is 0 Å². The molecule has 0 saturated heterocycles. The van der Waals surface area contributed by atoms with Crippen molar-refractivity contribution in [2.24, 2.45) is 0 Å². The normalized spacial score (nSPS) is 8.43. The minimum atomic E-state index is -4.64. The molecular weight excluding hydrogens is 294 g/mol. The average Bonchev–Trinajstić information content (AvgIpc) is 0.722. The van der Waals surface area contributed by atoms with Gasteiger partial charge in [-0.05, 0) is 0 Å². The van der Waals surface area contributed by atoms with E-state index in [2.05, 4.69) is 0 Å². The second-order valence-corrected chi connectivity index (χ2v) is 1.54. The summed E-state index contributed by atoms with van der Waals surface area (Å²) in [5.74, 6) is 0. The van der Waals surface area contributed by atoms with Gasteiger partial charge in [0.05, 0.1) is 0 Å². The van der Waals surface area contributed by atoms with E-state index in [1.54, 1.807) is 0 Å². The molecule has 0 aliphatic heterocycles. The molecule has 0 rings (SSSR count). The van der Waals surface area contributed by atoms with Crippen LogP contribution in [0.2, 0.25) is 0 Å². The van der Waals surface area contributed by atoms with Crippen molar-refractivity contribution in [3.63, 3.8) is 0 Å². The van der Waals surface area contributed by atoms with Crippen LogP contribution in [0.1, 0.15) is 0 Å². The molecular formula is H3AgO4PZr. The van der Waals surface area contributed by atoms with Crippen LogP contribution >= 0.6 is 7.82 Å². The van der Waals surface area contributed by atoms with Crippen molar-refractivity contribution in [3.8, 4) is 0 Å². The first-order valence-electron chi connectivity index (χ1n) is 0.783. The number of rotatable bonds is 0. The van der Waals surface area contributed by atoms with E-state index < -0.39 is 7.82 Å². The Hall–Kier alpha value is 1.73. The fraction of sp³-hybridized carbons (Fsp3) is 0. The topological polar surface area (TPSA) is 77.8 Å². The Morgan fingerprint density at radius 1 is 1.14 bits per heavy atom. The van der Waals surface area contributed by atoms with Crippen LogP contribution in [0.25, 0.3) is 0 Å². The molecule has 0 heterocycles. The maximum absolute atomic E-state index is 8.88. The van der Waals surface area contributed by atoms with Crippen LogP contribution in [0.5, 0.6) is 0 Å². The van der Waals surface area contributed by atoms with Gasteiger partial charge in [-0.1, -0.05) is 0 Å². The van der Waals surface area contributed by atoms with Crippen LogP contribution in [-0.4, -0.2) is 14.7 Å². The zero-order chi connectivity index (χ0) is 4.50. The zero-order valence-corrected chi connectivity index (χ0v) is 7.83. The molecule has 0 aromatic heterocycles. The molecule has 0 aromatic rings. The maximum atomic E-state index is 8.88. The largest absolute Gasteiger partial charge is 0.466 e. The first-order valence-corrected chi connectivity index (χ1v) is 2.35. The van der Waals surface area contributed by atoms with Crippen LogP contribution in [0, 0.1) is 0 Å². The molecule has 0 atom stereocenters. The predicted molar refractivity (Wildman–Crippen MR) is 14.3 cm³/mol. The van der Waals surface area contributed by atoms with Gasteiger partial charge in [0.15, 0.2) is 0 Å². The van der Waals surface area contributed by atoms with Crippen LogP contribution in [0.15, 0.2) is 0 Å². The molecule has 0 fully saturated rings. The van der Waals surface area contributed by atoms with Crippen LogP contribution in [0.4, 0.5) is 0 Å². The van der Waals surface area contributed by atoms with Crippen LogP contribution < -0.4 is 0 Å². The molecule has 0 amide bonds. The van der Waals surface area contributed by atoms with E-state index >= 15 is 0 Å². The van der Waals surface area contributed by atoms with Crippen molar-refractivity contribution in [1.29, 1.82) is 0 Å². The van der Waals surface area contributed by atoms with Crippen molar-refractivity contribution < 1.29 is 67.8 Å².